The summed E-state index contributed by atoms with van der Waals surface area (Å²) < 4.78 is 41.2. The Kier molecular flexibility index (Phi) is 6.02. The highest BCUT2D eigenvalue weighted by molar-refractivity contribution is 6.17. The Balaban J connectivity index is 2.88. The van der Waals surface area contributed by atoms with Crippen LogP contribution in [0, 0.1) is 0 Å². The molecule has 1 aromatic rings. The quantitative estimate of drug-likeness (QED) is 0.667. The van der Waals surface area contributed by atoms with E-state index in [1.54, 1.807) is 29.6 Å². The van der Waals surface area contributed by atoms with Crippen molar-refractivity contribution >= 4 is 23.5 Å². The lowest BCUT2D eigenvalue weighted by atomic mass is 10.0. The van der Waals surface area contributed by atoms with E-state index in [2.05, 4.69) is 4.74 Å². The molecule has 0 bridgehead atoms. The smallest absolute Gasteiger partial charge is 0.467 e. The third-order valence-electron chi connectivity index (χ3n) is 2.63. The summed E-state index contributed by atoms with van der Waals surface area (Å²) in [4.78, 5) is 22.4. The zero-order valence-corrected chi connectivity index (χ0v) is 11.8. The monoisotopic (exact) mass is 323 g/mol. The molecule has 0 saturated heterocycles. The first kappa shape index (κ1) is 17.3. The average molecular weight is 324 g/mol. The fraction of sp³-hybridized carbons (Fsp3) is 0.385. The molecule has 1 N–H and O–H groups in total. The molecule has 0 radical (unpaired) electrons. The van der Waals surface area contributed by atoms with Crippen LogP contribution in [-0.4, -0.2) is 31.2 Å². The maximum atomic E-state index is 12.3. The summed E-state index contributed by atoms with van der Waals surface area (Å²) in [5.74, 6) is -2.92. The fourth-order valence-corrected chi connectivity index (χ4v) is 1.82. The van der Waals surface area contributed by atoms with Crippen LogP contribution in [0.25, 0.3) is 0 Å². The molecule has 21 heavy (non-hydrogen) atoms. The van der Waals surface area contributed by atoms with Gasteiger partial charge in [-0.05, 0) is 11.1 Å². The molecule has 0 saturated carbocycles. The number of benzene rings is 1. The Morgan fingerprint density at radius 2 is 1.95 bits per heavy atom. The lowest BCUT2D eigenvalue weighted by molar-refractivity contribution is -0.175. The molecule has 1 atom stereocenters. The zero-order valence-electron chi connectivity index (χ0n) is 11.0. The minimum absolute atomic E-state index is 0.126. The van der Waals surface area contributed by atoms with Crippen LogP contribution in [0.3, 0.4) is 0 Å². The Bertz CT molecular complexity index is 520. The maximum Gasteiger partial charge on any atom is 0.471 e. The number of hydrogen-bond donors (Lipinski definition) is 1. The van der Waals surface area contributed by atoms with Gasteiger partial charge in [0.1, 0.15) is 6.04 Å². The van der Waals surface area contributed by atoms with Crippen LogP contribution in [0.1, 0.15) is 11.1 Å². The van der Waals surface area contributed by atoms with Crippen LogP contribution < -0.4 is 5.32 Å². The van der Waals surface area contributed by atoms with E-state index < -0.39 is 24.1 Å². The van der Waals surface area contributed by atoms with Gasteiger partial charge in [-0.25, -0.2) is 4.79 Å². The van der Waals surface area contributed by atoms with Gasteiger partial charge < -0.3 is 10.1 Å². The van der Waals surface area contributed by atoms with Crippen LogP contribution in [0.5, 0.6) is 0 Å². The Labute approximate surface area is 124 Å². The highest BCUT2D eigenvalue weighted by Crippen LogP contribution is 2.16. The number of methoxy groups -OCH3 is 1. The van der Waals surface area contributed by atoms with Gasteiger partial charge in [-0.15, -0.1) is 11.6 Å². The third kappa shape index (κ3) is 5.26. The number of halogens is 4. The van der Waals surface area contributed by atoms with Crippen LogP contribution in [0.15, 0.2) is 24.3 Å². The predicted octanol–water partition coefficient (Wildman–Crippen LogP) is 2.19. The molecule has 1 rings (SSSR count). The number of carbonyl (C=O) groups is 2. The molecule has 4 nitrogen and oxygen atoms in total. The summed E-state index contributed by atoms with van der Waals surface area (Å²) in [6.07, 6.45) is -5.19. The van der Waals surface area contributed by atoms with E-state index in [9.17, 15) is 22.8 Å². The first-order valence-electron chi connectivity index (χ1n) is 5.87. The van der Waals surface area contributed by atoms with Gasteiger partial charge in [-0.2, -0.15) is 13.2 Å². The van der Waals surface area contributed by atoms with Crippen molar-refractivity contribution < 1.29 is 27.5 Å². The Hall–Kier alpha value is -1.76. The number of ether oxygens (including phenoxy) is 1. The predicted molar refractivity (Wildman–Crippen MR) is 69.7 cm³/mol. The molecule has 0 aromatic heterocycles. The second kappa shape index (κ2) is 7.31. The molecule has 0 fully saturated rings. The van der Waals surface area contributed by atoms with E-state index in [0.29, 0.717) is 5.56 Å². The van der Waals surface area contributed by atoms with Crippen molar-refractivity contribution in [1.82, 2.24) is 5.32 Å². The van der Waals surface area contributed by atoms with Crippen LogP contribution in [-0.2, 0) is 26.6 Å². The normalized spacial score (nSPS) is 12.6. The SMILES string of the molecule is COC(=O)[C@H](Cc1cccc(CCl)c1)NC(=O)C(F)(F)F. The molecular formula is C13H13ClF3NO3. The van der Waals surface area contributed by atoms with Gasteiger partial charge in [0.25, 0.3) is 0 Å². The second-order valence-electron chi connectivity index (χ2n) is 4.20. The van der Waals surface area contributed by atoms with Gasteiger partial charge >= 0.3 is 18.1 Å². The average Bonchev–Trinajstić information content (AvgIpc) is 2.44. The molecular weight excluding hydrogens is 311 g/mol. The Morgan fingerprint density at radius 3 is 2.48 bits per heavy atom. The molecule has 1 amide bonds. The van der Waals surface area contributed by atoms with Gasteiger partial charge in [-0.1, -0.05) is 24.3 Å². The lowest BCUT2D eigenvalue weighted by Crippen LogP contribution is -2.48. The highest BCUT2D eigenvalue weighted by Gasteiger charge is 2.41. The molecule has 0 aliphatic carbocycles. The molecule has 0 unspecified atom stereocenters. The van der Waals surface area contributed by atoms with Crippen molar-refractivity contribution in [3.05, 3.63) is 35.4 Å². The summed E-state index contributed by atoms with van der Waals surface area (Å²) in [7, 11) is 1.03. The van der Waals surface area contributed by atoms with E-state index >= 15 is 0 Å². The number of rotatable bonds is 5. The fourth-order valence-electron chi connectivity index (χ4n) is 1.65. The first-order valence-corrected chi connectivity index (χ1v) is 6.40. The number of hydrogen-bond acceptors (Lipinski definition) is 3. The largest absolute Gasteiger partial charge is 0.471 e. The number of amides is 1. The summed E-state index contributed by atoms with van der Waals surface area (Å²) >= 11 is 5.66. The third-order valence-corrected chi connectivity index (χ3v) is 2.94. The van der Waals surface area contributed by atoms with E-state index in [4.69, 9.17) is 11.6 Å². The number of esters is 1. The topological polar surface area (TPSA) is 55.4 Å². The second-order valence-corrected chi connectivity index (χ2v) is 4.47. The first-order chi connectivity index (χ1) is 9.77. The van der Waals surface area contributed by atoms with Crippen LogP contribution in [0.2, 0.25) is 0 Å². The molecule has 8 heteroatoms. The van der Waals surface area contributed by atoms with Gasteiger partial charge in [0.05, 0.1) is 7.11 Å². The lowest BCUT2D eigenvalue weighted by Gasteiger charge is -2.17. The van der Waals surface area contributed by atoms with Gasteiger partial charge in [0, 0.05) is 12.3 Å². The molecule has 0 aliphatic heterocycles. The van der Waals surface area contributed by atoms with Crippen molar-refractivity contribution in [1.29, 1.82) is 0 Å². The number of alkyl halides is 4. The molecule has 1 aromatic carbocycles. The van der Waals surface area contributed by atoms with E-state index in [0.717, 1.165) is 12.7 Å². The van der Waals surface area contributed by atoms with Gasteiger partial charge in [-0.3, -0.25) is 4.79 Å². The zero-order chi connectivity index (χ0) is 16.0. The number of carbonyl (C=O) groups excluding carboxylic acids is 2. The molecule has 0 spiro atoms. The van der Waals surface area contributed by atoms with Crippen LogP contribution in [0.4, 0.5) is 13.2 Å². The molecule has 0 heterocycles. The van der Waals surface area contributed by atoms with Crippen molar-refractivity contribution in [3.63, 3.8) is 0 Å². The summed E-state index contributed by atoms with van der Waals surface area (Å²) in [6.45, 7) is 0. The summed E-state index contributed by atoms with van der Waals surface area (Å²) in [5.41, 5.74) is 1.31. The standard InChI is InChI=1S/C13H13ClF3NO3/c1-21-11(19)10(18-12(20)13(15,16)17)6-8-3-2-4-9(5-8)7-14/h2-5,10H,6-7H2,1H3,(H,18,20)/t10-/m0/s1. The van der Waals surface area contributed by atoms with E-state index in [-0.39, 0.29) is 12.3 Å². The van der Waals surface area contributed by atoms with Crippen molar-refractivity contribution in [3.8, 4) is 0 Å². The van der Waals surface area contributed by atoms with E-state index in [1.807, 2.05) is 0 Å². The van der Waals surface area contributed by atoms with Crippen molar-refractivity contribution in [2.24, 2.45) is 0 Å². The van der Waals surface area contributed by atoms with Gasteiger partial charge in [0.15, 0.2) is 0 Å². The van der Waals surface area contributed by atoms with Crippen molar-refractivity contribution in [2.45, 2.75) is 24.5 Å². The summed E-state index contributed by atoms with van der Waals surface area (Å²) in [5, 5.41) is 1.62. The molecule has 0 aliphatic rings. The minimum atomic E-state index is -5.07. The minimum Gasteiger partial charge on any atom is -0.467 e. The van der Waals surface area contributed by atoms with Crippen molar-refractivity contribution in [2.75, 3.05) is 7.11 Å². The number of nitrogens with one attached hydrogen (secondary N) is 1. The van der Waals surface area contributed by atoms with Crippen LogP contribution >= 0.6 is 11.6 Å². The molecule has 116 valence electrons. The van der Waals surface area contributed by atoms with E-state index in [1.165, 1.54) is 0 Å². The summed E-state index contributed by atoms with van der Waals surface area (Å²) in [6, 6.07) is 5.23. The van der Waals surface area contributed by atoms with Gasteiger partial charge in [0.2, 0.25) is 0 Å². The Morgan fingerprint density at radius 1 is 1.33 bits per heavy atom. The highest BCUT2D eigenvalue weighted by atomic mass is 35.5. The maximum absolute atomic E-state index is 12.3.